The van der Waals surface area contributed by atoms with Crippen molar-refractivity contribution in [2.75, 3.05) is 20.0 Å². The molecule has 0 aliphatic carbocycles. The fourth-order valence-electron chi connectivity index (χ4n) is 0.841. The molecule has 1 atom stereocenters. The molecule has 18 heavy (non-hydrogen) atoms. The van der Waals surface area contributed by atoms with Gasteiger partial charge in [0, 0.05) is 14.2 Å². The lowest BCUT2D eigenvalue weighted by atomic mass is 10.3. The predicted molar refractivity (Wildman–Crippen MR) is 67.3 cm³/mol. The van der Waals surface area contributed by atoms with Crippen LogP contribution in [0.3, 0.4) is 0 Å². The maximum absolute atomic E-state index is 9.33. The van der Waals surface area contributed by atoms with Gasteiger partial charge in [-0.05, 0) is 12.1 Å². The summed E-state index contributed by atoms with van der Waals surface area (Å²) in [5.74, 6) is 0.662. The quantitative estimate of drug-likeness (QED) is 0.577. The lowest BCUT2D eigenvalue weighted by Gasteiger charge is -2.15. The van der Waals surface area contributed by atoms with Crippen LogP contribution in [0.5, 0.6) is 11.5 Å². The third-order valence-electron chi connectivity index (χ3n) is 1.73. The lowest BCUT2D eigenvalue weighted by Crippen LogP contribution is -2.20. The van der Waals surface area contributed by atoms with Gasteiger partial charge in [0.05, 0.1) is 5.88 Å². The van der Waals surface area contributed by atoms with Crippen molar-refractivity contribution in [2.45, 2.75) is 6.29 Å². The summed E-state index contributed by atoms with van der Waals surface area (Å²) in [4.78, 5) is 9.26. The van der Waals surface area contributed by atoms with Gasteiger partial charge >= 0.3 is 6.09 Å². The molecule has 0 fully saturated rings. The standard InChI is InChI=1S/C9H11ClO3.C2H5NO2/c1-12-9(6-10)13-8-5-3-2-4-7(8)11;1-3-2(4)5/h2-5,9,11H,6H2,1H3;3H,1H3,(H,4,5). The summed E-state index contributed by atoms with van der Waals surface area (Å²) in [5.41, 5.74) is 0. The summed E-state index contributed by atoms with van der Waals surface area (Å²) >= 11 is 5.54. The van der Waals surface area contributed by atoms with Crippen molar-refractivity contribution in [3.05, 3.63) is 24.3 Å². The number of carboxylic acid groups (broad SMARTS) is 1. The number of carbonyl (C=O) groups is 1. The van der Waals surface area contributed by atoms with Gasteiger partial charge < -0.3 is 25.0 Å². The highest BCUT2D eigenvalue weighted by molar-refractivity contribution is 6.18. The summed E-state index contributed by atoms with van der Waals surface area (Å²) in [6.45, 7) is 0. The van der Waals surface area contributed by atoms with E-state index in [0.717, 1.165) is 0 Å². The third-order valence-corrected chi connectivity index (χ3v) is 1.98. The average Bonchev–Trinajstić information content (AvgIpc) is 2.38. The molecule has 6 nitrogen and oxygen atoms in total. The van der Waals surface area contributed by atoms with Crippen molar-refractivity contribution < 1.29 is 24.5 Å². The molecule has 3 N–H and O–H groups in total. The smallest absolute Gasteiger partial charge is 0.404 e. The number of phenolic OH excluding ortho intramolecular Hbond substituents is 1. The Hall–Kier alpha value is -1.66. The SMILES string of the molecule is CNC(=O)O.COC(CCl)Oc1ccccc1O. The van der Waals surface area contributed by atoms with Crippen molar-refractivity contribution >= 4 is 17.7 Å². The van der Waals surface area contributed by atoms with E-state index in [1.54, 1.807) is 18.2 Å². The number of aromatic hydroxyl groups is 1. The molecule has 102 valence electrons. The van der Waals surface area contributed by atoms with Crippen LogP contribution in [0.25, 0.3) is 0 Å². The van der Waals surface area contributed by atoms with Gasteiger partial charge in [-0.25, -0.2) is 4.79 Å². The number of amides is 1. The van der Waals surface area contributed by atoms with Gasteiger partial charge in [0.25, 0.3) is 0 Å². The zero-order valence-corrected chi connectivity index (χ0v) is 10.8. The van der Waals surface area contributed by atoms with E-state index < -0.39 is 12.4 Å². The lowest BCUT2D eigenvalue weighted by molar-refractivity contribution is -0.0368. The van der Waals surface area contributed by atoms with Gasteiger partial charge in [-0.15, -0.1) is 11.6 Å². The Kier molecular flexibility index (Phi) is 8.51. The fraction of sp³-hybridized carbons (Fsp3) is 0.364. The highest BCUT2D eigenvalue weighted by atomic mass is 35.5. The Balaban J connectivity index is 0.000000494. The molecule has 0 aromatic heterocycles. The van der Waals surface area contributed by atoms with Crippen LogP contribution < -0.4 is 10.1 Å². The van der Waals surface area contributed by atoms with Crippen LogP contribution in [0.1, 0.15) is 0 Å². The van der Waals surface area contributed by atoms with Gasteiger partial charge in [0.1, 0.15) is 0 Å². The minimum Gasteiger partial charge on any atom is -0.504 e. The number of para-hydroxylation sites is 2. The van der Waals surface area contributed by atoms with Crippen LogP contribution in [-0.4, -0.2) is 42.6 Å². The molecule has 0 radical (unpaired) electrons. The second-order valence-electron chi connectivity index (χ2n) is 2.96. The van der Waals surface area contributed by atoms with Crippen molar-refractivity contribution in [3.63, 3.8) is 0 Å². The van der Waals surface area contributed by atoms with Crippen LogP contribution in [-0.2, 0) is 4.74 Å². The molecular formula is C11H16ClNO5. The zero-order valence-electron chi connectivity index (χ0n) is 10.1. The van der Waals surface area contributed by atoms with E-state index in [0.29, 0.717) is 5.75 Å². The summed E-state index contributed by atoms with van der Waals surface area (Å²) < 4.78 is 10.1. The largest absolute Gasteiger partial charge is 0.504 e. The van der Waals surface area contributed by atoms with E-state index >= 15 is 0 Å². The number of hydrogen-bond acceptors (Lipinski definition) is 4. The van der Waals surface area contributed by atoms with Crippen LogP contribution in [0.4, 0.5) is 4.79 Å². The van der Waals surface area contributed by atoms with E-state index in [-0.39, 0.29) is 11.6 Å². The first-order valence-corrected chi connectivity index (χ1v) is 5.52. The van der Waals surface area contributed by atoms with E-state index in [9.17, 15) is 9.90 Å². The topological polar surface area (TPSA) is 88.0 Å². The molecular weight excluding hydrogens is 262 g/mol. The van der Waals surface area contributed by atoms with Crippen molar-refractivity contribution in [1.29, 1.82) is 0 Å². The molecule has 0 saturated carbocycles. The molecule has 1 amide bonds. The molecule has 1 aromatic rings. The summed E-state index contributed by atoms with van der Waals surface area (Å²) in [7, 11) is 2.84. The number of halogens is 1. The second kappa shape index (κ2) is 9.38. The van der Waals surface area contributed by atoms with E-state index in [1.165, 1.54) is 20.2 Å². The van der Waals surface area contributed by atoms with Crippen LogP contribution >= 0.6 is 11.6 Å². The molecule has 1 rings (SSSR count). The molecule has 1 aromatic carbocycles. The summed E-state index contributed by atoms with van der Waals surface area (Å²) in [6.07, 6.45) is -1.53. The maximum Gasteiger partial charge on any atom is 0.404 e. The molecule has 0 saturated heterocycles. The predicted octanol–water partition coefficient (Wildman–Crippen LogP) is 1.87. The number of alkyl halides is 1. The summed E-state index contributed by atoms with van der Waals surface area (Å²) in [5, 5.41) is 18.9. The number of methoxy groups -OCH3 is 1. The highest BCUT2D eigenvalue weighted by Gasteiger charge is 2.09. The molecule has 0 heterocycles. The van der Waals surface area contributed by atoms with E-state index in [2.05, 4.69) is 0 Å². The van der Waals surface area contributed by atoms with Crippen molar-refractivity contribution in [2.24, 2.45) is 0 Å². The molecule has 7 heteroatoms. The van der Waals surface area contributed by atoms with Crippen molar-refractivity contribution in [1.82, 2.24) is 5.32 Å². The Morgan fingerprint density at radius 3 is 2.44 bits per heavy atom. The number of rotatable bonds is 4. The number of benzene rings is 1. The minimum atomic E-state index is -0.995. The molecule has 0 spiro atoms. The zero-order chi connectivity index (χ0) is 14.0. The Labute approximate surface area is 110 Å². The first kappa shape index (κ1) is 16.3. The summed E-state index contributed by atoms with van der Waals surface area (Å²) in [6, 6.07) is 6.66. The van der Waals surface area contributed by atoms with Crippen LogP contribution in [0.2, 0.25) is 0 Å². The Morgan fingerprint density at radius 1 is 1.50 bits per heavy atom. The molecule has 0 bridgehead atoms. The van der Waals surface area contributed by atoms with Gasteiger partial charge in [0.15, 0.2) is 11.5 Å². The van der Waals surface area contributed by atoms with Gasteiger partial charge in [-0.3, -0.25) is 0 Å². The molecule has 1 unspecified atom stereocenters. The molecule has 0 aliphatic heterocycles. The second-order valence-corrected chi connectivity index (χ2v) is 3.27. The maximum atomic E-state index is 9.33. The van der Waals surface area contributed by atoms with Crippen LogP contribution in [0.15, 0.2) is 24.3 Å². The van der Waals surface area contributed by atoms with Gasteiger partial charge in [-0.1, -0.05) is 12.1 Å². The van der Waals surface area contributed by atoms with Crippen molar-refractivity contribution in [3.8, 4) is 11.5 Å². The normalized spacial score (nSPS) is 10.8. The van der Waals surface area contributed by atoms with E-state index in [4.69, 9.17) is 26.2 Å². The number of hydrogen-bond donors (Lipinski definition) is 3. The average molecular weight is 278 g/mol. The fourth-order valence-corrected chi connectivity index (χ4v) is 1.03. The number of ether oxygens (including phenoxy) is 2. The first-order valence-electron chi connectivity index (χ1n) is 4.99. The first-order chi connectivity index (χ1) is 8.54. The number of phenols is 1. The highest BCUT2D eigenvalue weighted by Crippen LogP contribution is 2.25. The third kappa shape index (κ3) is 6.82. The Bertz CT molecular complexity index is 357. The van der Waals surface area contributed by atoms with Gasteiger partial charge in [-0.2, -0.15) is 0 Å². The van der Waals surface area contributed by atoms with Crippen LogP contribution in [0, 0.1) is 0 Å². The molecule has 0 aliphatic rings. The van der Waals surface area contributed by atoms with E-state index in [1.807, 2.05) is 5.32 Å². The monoisotopic (exact) mass is 277 g/mol. The number of nitrogens with one attached hydrogen (secondary N) is 1. The Morgan fingerprint density at radius 2 is 2.06 bits per heavy atom. The minimum absolute atomic E-state index is 0.0784. The van der Waals surface area contributed by atoms with Gasteiger partial charge in [0.2, 0.25) is 6.29 Å².